The zero-order valence-corrected chi connectivity index (χ0v) is 12.2. The SMILES string of the molecule is COc1ccc(C(=O)[C@@H](C)CC(=O)c2ccccc2)cc1. The smallest absolute Gasteiger partial charge is 0.166 e. The summed E-state index contributed by atoms with van der Waals surface area (Å²) in [5.41, 5.74) is 1.25. The van der Waals surface area contributed by atoms with Crippen LogP contribution in [0.15, 0.2) is 54.6 Å². The lowest BCUT2D eigenvalue weighted by Gasteiger charge is -2.10. The molecule has 0 aliphatic rings. The average Bonchev–Trinajstić information content (AvgIpc) is 2.55. The van der Waals surface area contributed by atoms with Crippen LogP contribution in [0.1, 0.15) is 34.1 Å². The molecule has 2 aromatic carbocycles. The van der Waals surface area contributed by atoms with Gasteiger partial charge in [-0.2, -0.15) is 0 Å². The molecule has 2 aromatic rings. The fourth-order valence-corrected chi connectivity index (χ4v) is 2.15. The third kappa shape index (κ3) is 3.78. The van der Waals surface area contributed by atoms with E-state index in [4.69, 9.17) is 4.74 Å². The van der Waals surface area contributed by atoms with Crippen LogP contribution in [0.3, 0.4) is 0 Å². The van der Waals surface area contributed by atoms with Gasteiger partial charge in [-0.25, -0.2) is 0 Å². The Labute approximate surface area is 124 Å². The van der Waals surface area contributed by atoms with Crippen LogP contribution in [0.5, 0.6) is 5.75 Å². The Hall–Kier alpha value is -2.42. The van der Waals surface area contributed by atoms with Crippen molar-refractivity contribution in [2.24, 2.45) is 5.92 Å². The van der Waals surface area contributed by atoms with Crippen LogP contribution in [0.25, 0.3) is 0 Å². The van der Waals surface area contributed by atoms with Gasteiger partial charge in [0.1, 0.15) is 5.75 Å². The summed E-state index contributed by atoms with van der Waals surface area (Å²) in [6.45, 7) is 1.79. The van der Waals surface area contributed by atoms with Crippen molar-refractivity contribution < 1.29 is 14.3 Å². The van der Waals surface area contributed by atoms with Gasteiger partial charge in [0.15, 0.2) is 11.6 Å². The fraction of sp³-hybridized carbons (Fsp3) is 0.222. The van der Waals surface area contributed by atoms with E-state index in [1.807, 2.05) is 18.2 Å². The molecule has 1 atom stereocenters. The highest BCUT2D eigenvalue weighted by molar-refractivity contribution is 6.03. The van der Waals surface area contributed by atoms with Gasteiger partial charge in [0.05, 0.1) is 7.11 Å². The van der Waals surface area contributed by atoms with Crippen molar-refractivity contribution in [2.75, 3.05) is 7.11 Å². The zero-order valence-electron chi connectivity index (χ0n) is 12.2. The summed E-state index contributed by atoms with van der Waals surface area (Å²) < 4.78 is 5.07. The van der Waals surface area contributed by atoms with Crippen molar-refractivity contribution in [1.29, 1.82) is 0 Å². The number of rotatable bonds is 6. The summed E-state index contributed by atoms with van der Waals surface area (Å²) in [5.74, 6) is 0.331. The number of hydrogen-bond acceptors (Lipinski definition) is 3. The van der Waals surface area contributed by atoms with Crippen LogP contribution in [0.2, 0.25) is 0 Å². The molecule has 21 heavy (non-hydrogen) atoms. The monoisotopic (exact) mass is 282 g/mol. The van der Waals surface area contributed by atoms with Crippen molar-refractivity contribution in [1.82, 2.24) is 0 Å². The van der Waals surface area contributed by atoms with Gasteiger partial charge in [-0.3, -0.25) is 9.59 Å². The number of ether oxygens (including phenoxy) is 1. The Morgan fingerprint density at radius 3 is 2.14 bits per heavy atom. The van der Waals surface area contributed by atoms with Crippen LogP contribution >= 0.6 is 0 Å². The number of benzene rings is 2. The standard InChI is InChI=1S/C18H18O3/c1-13(12-17(19)14-6-4-3-5-7-14)18(20)15-8-10-16(21-2)11-9-15/h3-11,13H,12H2,1-2H3/t13-/m0/s1. The molecule has 0 amide bonds. The van der Waals surface area contributed by atoms with E-state index in [1.54, 1.807) is 50.4 Å². The minimum Gasteiger partial charge on any atom is -0.497 e. The van der Waals surface area contributed by atoms with Crippen molar-refractivity contribution in [3.63, 3.8) is 0 Å². The highest BCUT2D eigenvalue weighted by Crippen LogP contribution is 2.18. The van der Waals surface area contributed by atoms with E-state index in [9.17, 15) is 9.59 Å². The molecule has 0 N–H and O–H groups in total. The Kier molecular flexibility index (Phi) is 4.88. The number of ketones is 2. The van der Waals surface area contributed by atoms with E-state index in [-0.39, 0.29) is 23.9 Å². The predicted octanol–water partition coefficient (Wildman–Crippen LogP) is 3.79. The van der Waals surface area contributed by atoms with Gasteiger partial charge in [0.2, 0.25) is 0 Å². The molecule has 3 nitrogen and oxygen atoms in total. The molecule has 3 heteroatoms. The van der Waals surface area contributed by atoms with Gasteiger partial charge in [-0.1, -0.05) is 37.3 Å². The Morgan fingerprint density at radius 1 is 0.952 bits per heavy atom. The average molecular weight is 282 g/mol. The largest absolute Gasteiger partial charge is 0.497 e. The first-order valence-electron chi connectivity index (χ1n) is 6.88. The molecule has 0 aliphatic heterocycles. The van der Waals surface area contributed by atoms with E-state index < -0.39 is 0 Å². The van der Waals surface area contributed by atoms with Gasteiger partial charge < -0.3 is 4.74 Å². The molecule has 0 heterocycles. The molecule has 0 saturated heterocycles. The van der Waals surface area contributed by atoms with Crippen LogP contribution in [-0.4, -0.2) is 18.7 Å². The summed E-state index contributed by atoms with van der Waals surface area (Å²) in [6.07, 6.45) is 0.217. The summed E-state index contributed by atoms with van der Waals surface area (Å²) >= 11 is 0. The van der Waals surface area contributed by atoms with Crippen LogP contribution in [0, 0.1) is 5.92 Å². The van der Waals surface area contributed by atoms with E-state index in [0.717, 1.165) is 0 Å². The first-order valence-corrected chi connectivity index (χ1v) is 6.88. The van der Waals surface area contributed by atoms with Gasteiger partial charge in [-0.15, -0.1) is 0 Å². The first-order chi connectivity index (χ1) is 10.1. The highest BCUT2D eigenvalue weighted by atomic mass is 16.5. The number of hydrogen-bond donors (Lipinski definition) is 0. The summed E-state index contributed by atoms with van der Waals surface area (Å²) in [7, 11) is 1.58. The zero-order chi connectivity index (χ0) is 15.2. The van der Waals surface area contributed by atoms with E-state index >= 15 is 0 Å². The minimum atomic E-state index is -0.342. The second kappa shape index (κ2) is 6.84. The first kappa shape index (κ1) is 15.0. The van der Waals surface area contributed by atoms with Gasteiger partial charge in [-0.05, 0) is 24.3 Å². The Balaban J connectivity index is 2.03. The molecule has 0 fully saturated rings. The third-order valence-corrected chi connectivity index (χ3v) is 3.41. The molecule has 0 aliphatic carbocycles. The number of carbonyl (C=O) groups excluding carboxylic acids is 2. The maximum atomic E-state index is 12.3. The van der Waals surface area contributed by atoms with Gasteiger partial charge >= 0.3 is 0 Å². The van der Waals surface area contributed by atoms with Crippen molar-refractivity contribution in [3.05, 3.63) is 65.7 Å². The maximum Gasteiger partial charge on any atom is 0.166 e. The molecule has 0 spiro atoms. The molecule has 0 radical (unpaired) electrons. The maximum absolute atomic E-state index is 12.3. The van der Waals surface area contributed by atoms with E-state index in [2.05, 4.69) is 0 Å². The lowest BCUT2D eigenvalue weighted by Crippen LogP contribution is -2.16. The van der Waals surface area contributed by atoms with Crippen molar-refractivity contribution in [2.45, 2.75) is 13.3 Å². The minimum absolute atomic E-state index is 0.00929. The number of Topliss-reactive ketones (excluding diaryl/α,β-unsaturated/α-hetero) is 2. The molecule has 108 valence electrons. The predicted molar refractivity (Wildman–Crippen MR) is 81.9 cm³/mol. The fourth-order valence-electron chi connectivity index (χ4n) is 2.15. The lowest BCUT2D eigenvalue weighted by atomic mass is 9.92. The Morgan fingerprint density at radius 2 is 1.57 bits per heavy atom. The summed E-state index contributed by atoms with van der Waals surface area (Å²) in [4.78, 5) is 24.4. The number of carbonyl (C=O) groups is 2. The third-order valence-electron chi connectivity index (χ3n) is 3.41. The second-order valence-corrected chi connectivity index (χ2v) is 4.99. The molecular weight excluding hydrogens is 264 g/mol. The second-order valence-electron chi connectivity index (χ2n) is 4.99. The number of methoxy groups -OCH3 is 1. The normalized spacial score (nSPS) is 11.7. The van der Waals surface area contributed by atoms with Crippen molar-refractivity contribution in [3.8, 4) is 5.75 Å². The molecule has 0 unspecified atom stereocenters. The summed E-state index contributed by atoms with van der Waals surface area (Å²) in [6, 6.07) is 16.0. The van der Waals surface area contributed by atoms with Crippen LogP contribution in [0.4, 0.5) is 0 Å². The molecule has 0 aromatic heterocycles. The van der Waals surface area contributed by atoms with E-state index in [0.29, 0.717) is 16.9 Å². The molecular formula is C18H18O3. The highest BCUT2D eigenvalue weighted by Gasteiger charge is 2.19. The quantitative estimate of drug-likeness (QED) is 0.757. The van der Waals surface area contributed by atoms with Crippen LogP contribution in [-0.2, 0) is 0 Å². The van der Waals surface area contributed by atoms with Gasteiger partial charge in [0.25, 0.3) is 0 Å². The topological polar surface area (TPSA) is 43.4 Å². The lowest BCUT2D eigenvalue weighted by molar-refractivity contribution is 0.0863. The van der Waals surface area contributed by atoms with Crippen molar-refractivity contribution >= 4 is 11.6 Å². The molecule has 0 saturated carbocycles. The van der Waals surface area contributed by atoms with Crippen LogP contribution < -0.4 is 4.74 Å². The van der Waals surface area contributed by atoms with Gasteiger partial charge in [0, 0.05) is 23.5 Å². The molecule has 2 rings (SSSR count). The summed E-state index contributed by atoms with van der Waals surface area (Å²) in [5, 5.41) is 0. The molecule has 0 bridgehead atoms. The Bertz CT molecular complexity index is 615. The van der Waals surface area contributed by atoms with E-state index in [1.165, 1.54) is 0 Å².